The minimum absolute atomic E-state index is 0.0261. The molecular formula is C25H21F3N2O3S. The third kappa shape index (κ3) is 5.04. The van der Waals surface area contributed by atoms with Gasteiger partial charge in [-0.05, 0) is 61.0 Å². The first kappa shape index (κ1) is 23.7. The lowest BCUT2D eigenvalue weighted by atomic mass is 10.1. The van der Waals surface area contributed by atoms with Crippen molar-refractivity contribution in [1.82, 2.24) is 0 Å². The molecule has 2 amide bonds. The number of benzene rings is 3. The van der Waals surface area contributed by atoms with Crippen LogP contribution in [-0.4, -0.2) is 24.2 Å². The van der Waals surface area contributed by atoms with E-state index in [0.717, 1.165) is 29.8 Å². The van der Waals surface area contributed by atoms with Crippen molar-refractivity contribution in [2.24, 2.45) is 0 Å². The number of rotatable bonds is 6. The molecule has 5 nitrogen and oxygen atoms in total. The normalized spacial score (nSPS) is 15.9. The average molecular weight is 487 g/mol. The van der Waals surface area contributed by atoms with Gasteiger partial charge in [-0.2, -0.15) is 13.2 Å². The number of carbonyl (C=O) groups is 2. The Morgan fingerprint density at radius 2 is 1.74 bits per heavy atom. The number of alkyl halides is 3. The first-order chi connectivity index (χ1) is 16.3. The summed E-state index contributed by atoms with van der Waals surface area (Å²) in [6.45, 7) is 2.36. The highest BCUT2D eigenvalue weighted by Crippen LogP contribution is 2.45. The Balaban J connectivity index is 1.50. The standard InChI is InChI=1S/C25H21F3N2O3S/c1-2-33-21-6-4-3-5-20(21)30-22(31)15-34-24(30)17-9-13-19(14-10-17)29-23(32)16-7-11-18(12-8-16)25(26,27)28/h3-14,24H,2,15H2,1H3,(H,29,32). The van der Waals surface area contributed by atoms with E-state index in [1.165, 1.54) is 11.8 Å². The summed E-state index contributed by atoms with van der Waals surface area (Å²) in [7, 11) is 0. The maximum atomic E-state index is 12.7. The number of anilines is 2. The van der Waals surface area contributed by atoms with Crippen LogP contribution in [0.4, 0.5) is 24.5 Å². The highest BCUT2D eigenvalue weighted by Gasteiger charge is 2.35. The molecule has 3 aromatic rings. The van der Waals surface area contributed by atoms with E-state index in [9.17, 15) is 22.8 Å². The van der Waals surface area contributed by atoms with Gasteiger partial charge in [0.15, 0.2) is 0 Å². The quantitative estimate of drug-likeness (QED) is 0.455. The summed E-state index contributed by atoms with van der Waals surface area (Å²) >= 11 is 1.49. The maximum absolute atomic E-state index is 12.7. The van der Waals surface area contributed by atoms with Crippen molar-refractivity contribution >= 4 is 35.0 Å². The molecule has 1 saturated heterocycles. The lowest BCUT2D eigenvalue weighted by molar-refractivity contribution is -0.137. The highest BCUT2D eigenvalue weighted by molar-refractivity contribution is 8.00. The SMILES string of the molecule is CCOc1ccccc1N1C(=O)CSC1c1ccc(NC(=O)c2ccc(C(F)(F)F)cc2)cc1. The molecule has 176 valence electrons. The van der Waals surface area contributed by atoms with Crippen molar-refractivity contribution in [3.05, 3.63) is 89.5 Å². The van der Waals surface area contributed by atoms with Gasteiger partial charge < -0.3 is 10.1 Å². The first-order valence-electron chi connectivity index (χ1n) is 10.5. The van der Waals surface area contributed by atoms with Gasteiger partial charge in [0, 0.05) is 11.3 Å². The fraction of sp³-hybridized carbons (Fsp3) is 0.200. The van der Waals surface area contributed by atoms with Crippen molar-refractivity contribution in [1.29, 1.82) is 0 Å². The molecule has 1 atom stereocenters. The number of ether oxygens (including phenoxy) is 1. The molecule has 1 fully saturated rings. The molecule has 1 heterocycles. The Morgan fingerprint density at radius 1 is 1.06 bits per heavy atom. The number of amides is 2. The number of thioether (sulfide) groups is 1. The van der Waals surface area contributed by atoms with Crippen LogP contribution in [0.1, 0.15) is 33.8 Å². The van der Waals surface area contributed by atoms with Crippen LogP contribution in [0.15, 0.2) is 72.8 Å². The van der Waals surface area contributed by atoms with Crippen molar-refractivity contribution in [2.45, 2.75) is 18.5 Å². The van der Waals surface area contributed by atoms with Crippen LogP contribution in [0.2, 0.25) is 0 Å². The fourth-order valence-corrected chi connectivity index (χ4v) is 4.78. The van der Waals surface area contributed by atoms with Gasteiger partial charge in [-0.3, -0.25) is 14.5 Å². The molecule has 0 aliphatic carbocycles. The van der Waals surface area contributed by atoms with Gasteiger partial charge in [0.2, 0.25) is 5.91 Å². The molecule has 1 N–H and O–H groups in total. The van der Waals surface area contributed by atoms with Gasteiger partial charge >= 0.3 is 6.18 Å². The molecule has 0 radical (unpaired) electrons. The van der Waals surface area contributed by atoms with E-state index in [4.69, 9.17) is 4.74 Å². The van der Waals surface area contributed by atoms with Gasteiger partial charge in [-0.1, -0.05) is 24.3 Å². The molecule has 34 heavy (non-hydrogen) atoms. The van der Waals surface area contributed by atoms with Crippen LogP contribution in [-0.2, 0) is 11.0 Å². The van der Waals surface area contributed by atoms with E-state index < -0.39 is 17.6 Å². The predicted molar refractivity (Wildman–Crippen MR) is 126 cm³/mol. The van der Waals surface area contributed by atoms with Gasteiger partial charge in [-0.15, -0.1) is 11.8 Å². The maximum Gasteiger partial charge on any atom is 0.416 e. The van der Waals surface area contributed by atoms with Gasteiger partial charge in [0.05, 0.1) is 23.6 Å². The summed E-state index contributed by atoms with van der Waals surface area (Å²) in [5.74, 6) is 0.421. The van der Waals surface area contributed by atoms with E-state index in [-0.39, 0.29) is 16.8 Å². The lowest BCUT2D eigenvalue weighted by Gasteiger charge is -2.26. The molecule has 3 aromatic carbocycles. The number of para-hydroxylation sites is 2. The van der Waals surface area contributed by atoms with Crippen molar-refractivity contribution in [3.8, 4) is 5.75 Å². The average Bonchev–Trinajstić information content (AvgIpc) is 3.21. The zero-order chi connectivity index (χ0) is 24.3. The lowest BCUT2D eigenvalue weighted by Crippen LogP contribution is -2.28. The number of hydrogen-bond acceptors (Lipinski definition) is 4. The molecule has 0 aromatic heterocycles. The Hall–Kier alpha value is -3.46. The molecular weight excluding hydrogens is 465 g/mol. The molecule has 1 aliphatic heterocycles. The molecule has 1 aliphatic rings. The van der Waals surface area contributed by atoms with E-state index in [1.807, 2.05) is 43.3 Å². The largest absolute Gasteiger partial charge is 0.492 e. The monoisotopic (exact) mass is 486 g/mol. The predicted octanol–water partition coefficient (Wildman–Crippen LogP) is 6.14. The second kappa shape index (κ2) is 9.80. The summed E-state index contributed by atoms with van der Waals surface area (Å²) < 4.78 is 43.9. The molecule has 0 saturated carbocycles. The Morgan fingerprint density at radius 3 is 2.38 bits per heavy atom. The van der Waals surface area contributed by atoms with E-state index in [0.29, 0.717) is 29.5 Å². The second-order valence-corrected chi connectivity index (χ2v) is 8.55. The van der Waals surface area contributed by atoms with Crippen molar-refractivity contribution in [3.63, 3.8) is 0 Å². The number of nitrogens with zero attached hydrogens (tertiary/aromatic N) is 1. The summed E-state index contributed by atoms with van der Waals surface area (Å²) in [5, 5.41) is 2.43. The van der Waals surface area contributed by atoms with E-state index >= 15 is 0 Å². The third-order valence-corrected chi connectivity index (χ3v) is 6.43. The molecule has 4 rings (SSSR count). The minimum atomic E-state index is -4.46. The Bertz CT molecular complexity index is 1180. The number of nitrogens with one attached hydrogen (secondary N) is 1. The van der Waals surface area contributed by atoms with E-state index in [2.05, 4.69) is 5.32 Å². The van der Waals surface area contributed by atoms with Crippen LogP contribution >= 0.6 is 11.8 Å². The minimum Gasteiger partial charge on any atom is -0.492 e. The molecule has 1 unspecified atom stereocenters. The fourth-order valence-electron chi connectivity index (χ4n) is 3.61. The Labute approximate surface area is 198 Å². The number of hydrogen-bond donors (Lipinski definition) is 1. The van der Waals surface area contributed by atoms with Crippen LogP contribution in [0.3, 0.4) is 0 Å². The summed E-state index contributed by atoms with van der Waals surface area (Å²) in [4.78, 5) is 26.8. The van der Waals surface area contributed by atoms with Crippen molar-refractivity contribution < 1.29 is 27.5 Å². The molecule has 0 bridgehead atoms. The topological polar surface area (TPSA) is 58.6 Å². The molecule has 0 spiro atoms. The van der Waals surface area contributed by atoms with Crippen LogP contribution < -0.4 is 15.0 Å². The van der Waals surface area contributed by atoms with Crippen LogP contribution in [0, 0.1) is 0 Å². The smallest absolute Gasteiger partial charge is 0.416 e. The number of carbonyl (C=O) groups excluding carboxylic acids is 2. The highest BCUT2D eigenvalue weighted by atomic mass is 32.2. The molecule has 9 heteroatoms. The first-order valence-corrected chi connectivity index (χ1v) is 11.6. The Kier molecular flexibility index (Phi) is 6.83. The van der Waals surface area contributed by atoms with Crippen LogP contribution in [0.5, 0.6) is 5.75 Å². The zero-order valence-corrected chi connectivity index (χ0v) is 19.0. The third-order valence-electron chi connectivity index (χ3n) is 5.22. The van der Waals surface area contributed by atoms with E-state index in [1.54, 1.807) is 17.0 Å². The zero-order valence-electron chi connectivity index (χ0n) is 18.1. The van der Waals surface area contributed by atoms with Crippen molar-refractivity contribution in [2.75, 3.05) is 22.6 Å². The van der Waals surface area contributed by atoms with Crippen LogP contribution in [0.25, 0.3) is 0 Å². The second-order valence-electron chi connectivity index (χ2n) is 7.48. The summed E-state index contributed by atoms with van der Waals surface area (Å²) in [6, 6.07) is 18.4. The summed E-state index contributed by atoms with van der Waals surface area (Å²) in [5.41, 5.74) is 1.36. The van der Waals surface area contributed by atoms with Gasteiger partial charge in [-0.25, -0.2) is 0 Å². The van der Waals surface area contributed by atoms with Gasteiger partial charge in [0.1, 0.15) is 11.1 Å². The number of halogens is 3. The van der Waals surface area contributed by atoms with Gasteiger partial charge in [0.25, 0.3) is 5.91 Å². The summed E-state index contributed by atoms with van der Waals surface area (Å²) in [6.07, 6.45) is -4.46.